The Bertz CT molecular complexity index is 87.2. The lowest BCUT2D eigenvalue weighted by Gasteiger charge is -2.37. The summed E-state index contributed by atoms with van der Waals surface area (Å²) < 4.78 is 0. The molecule has 0 bridgehead atoms. The molecule has 0 unspecified atom stereocenters. The van der Waals surface area contributed by atoms with Crippen LogP contribution >= 0.6 is 0 Å². The van der Waals surface area contributed by atoms with Crippen molar-refractivity contribution in [2.45, 2.75) is 46.8 Å². The molecule has 0 aliphatic heterocycles. The summed E-state index contributed by atoms with van der Waals surface area (Å²) in [5.41, 5.74) is 0.446. The molecule has 0 heterocycles. The van der Waals surface area contributed by atoms with Crippen molar-refractivity contribution in [3.05, 3.63) is 0 Å². The van der Waals surface area contributed by atoms with E-state index in [-0.39, 0.29) is 0 Å². The van der Waals surface area contributed by atoms with E-state index in [9.17, 15) is 0 Å². The van der Waals surface area contributed by atoms with Crippen LogP contribution in [0.4, 0.5) is 0 Å². The molecular weight excluding hydrogens is 107 g/mol. The molecule has 0 atom stereocenters. The lowest BCUT2D eigenvalue weighted by atomic mass is 9.46. The molecule has 0 saturated carbocycles. The summed E-state index contributed by atoms with van der Waals surface area (Å²) >= 11 is 0. The number of rotatable bonds is 1. The quantitative estimate of drug-likeness (QED) is 0.474. The number of hydrogen-bond donors (Lipinski definition) is 0. The van der Waals surface area contributed by atoms with Gasteiger partial charge in [-0.05, 0) is 5.41 Å². The highest BCUT2D eigenvalue weighted by atomic mass is 14.3. The summed E-state index contributed by atoms with van der Waals surface area (Å²) in [6.07, 6.45) is 0. The largest absolute Gasteiger partial charge is 0.124 e. The third-order valence-electron chi connectivity index (χ3n) is 2.91. The van der Waals surface area contributed by atoms with Crippen molar-refractivity contribution >= 4 is 7.28 Å². The van der Waals surface area contributed by atoms with Crippen LogP contribution in [0.2, 0.25) is 12.1 Å². The highest BCUT2D eigenvalue weighted by molar-refractivity contribution is 6.38. The fourth-order valence-corrected chi connectivity index (χ4v) is 0.530. The number of hydrogen-bond acceptors (Lipinski definition) is 0. The summed E-state index contributed by atoms with van der Waals surface area (Å²) in [6.45, 7) is 13.8. The Labute approximate surface area is 60.3 Å². The molecule has 0 radical (unpaired) electrons. The van der Waals surface area contributed by atoms with Crippen molar-refractivity contribution in [1.29, 1.82) is 0 Å². The second-order valence-electron chi connectivity index (χ2n) is 4.49. The summed E-state index contributed by atoms with van der Waals surface area (Å²) in [5, 5.41) is 0.479. The SMILES string of the molecule is CBC(C)(C)C(C)(C)C. The summed E-state index contributed by atoms with van der Waals surface area (Å²) in [7, 11) is 1.26. The Morgan fingerprint density at radius 3 is 1.22 bits per heavy atom. The van der Waals surface area contributed by atoms with Gasteiger partial charge in [0, 0.05) is 0 Å². The fraction of sp³-hybridized carbons (Fsp3) is 1.00. The molecule has 0 amide bonds. The van der Waals surface area contributed by atoms with Crippen LogP contribution in [0, 0.1) is 5.41 Å². The minimum atomic E-state index is 0.446. The average Bonchev–Trinajstić information content (AvgIpc) is 1.64. The molecule has 54 valence electrons. The molecule has 0 aliphatic rings. The third kappa shape index (κ3) is 2.04. The molecule has 0 aromatic carbocycles. The Kier molecular flexibility index (Phi) is 2.38. The maximum atomic E-state index is 2.33. The Hall–Kier alpha value is 0.0649. The van der Waals surface area contributed by atoms with Gasteiger partial charge < -0.3 is 0 Å². The Balaban J connectivity index is 4.14. The van der Waals surface area contributed by atoms with E-state index in [0.29, 0.717) is 10.7 Å². The standard InChI is InChI=1S/C8H19B/c1-7(2,3)8(4,5)9-6/h9H,1-6H3. The minimum Gasteiger partial charge on any atom is -0.0888 e. The van der Waals surface area contributed by atoms with Crippen molar-refractivity contribution < 1.29 is 0 Å². The van der Waals surface area contributed by atoms with Gasteiger partial charge in [-0.25, -0.2) is 0 Å². The maximum Gasteiger partial charge on any atom is 0.124 e. The van der Waals surface area contributed by atoms with E-state index in [1.165, 1.54) is 7.28 Å². The Morgan fingerprint density at radius 2 is 1.22 bits per heavy atom. The summed E-state index contributed by atoms with van der Waals surface area (Å²) in [5.74, 6) is 0. The lowest BCUT2D eigenvalue weighted by Crippen LogP contribution is -2.27. The zero-order valence-corrected chi connectivity index (χ0v) is 7.71. The molecule has 0 rings (SSSR count). The first-order valence-electron chi connectivity index (χ1n) is 3.81. The van der Waals surface area contributed by atoms with Crippen LogP contribution in [0.3, 0.4) is 0 Å². The average molecular weight is 126 g/mol. The van der Waals surface area contributed by atoms with Gasteiger partial charge in [0.2, 0.25) is 0 Å². The molecule has 0 nitrogen and oxygen atoms in total. The van der Waals surface area contributed by atoms with Crippen LogP contribution in [0.1, 0.15) is 34.6 Å². The van der Waals surface area contributed by atoms with E-state index in [1.807, 2.05) is 0 Å². The van der Waals surface area contributed by atoms with Crippen LogP contribution in [-0.4, -0.2) is 7.28 Å². The topological polar surface area (TPSA) is 0 Å². The van der Waals surface area contributed by atoms with Gasteiger partial charge in [0.05, 0.1) is 0 Å². The molecule has 0 aromatic rings. The van der Waals surface area contributed by atoms with Gasteiger partial charge in [-0.2, -0.15) is 0 Å². The van der Waals surface area contributed by atoms with E-state index < -0.39 is 0 Å². The van der Waals surface area contributed by atoms with Crippen molar-refractivity contribution in [2.24, 2.45) is 5.41 Å². The van der Waals surface area contributed by atoms with Crippen molar-refractivity contribution in [3.63, 3.8) is 0 Å². The van der Waals surface area contributed by atoms with Gasteiger partial charge in [0.25, 0.3) is 0 Å². The van der Waals surface area contributed by atoms with E-state index >= 15 is 0 Å². The molecule has 0 saturated heterocycles. The molecule has 0 aromatic heterocycles. The molecule has 0 aliphatic carbocycles. The fourth-order valence-electron chi connectivity index (χ4n) is 0.530. The van der Waals surface area contributed by atoms with Crippen LogP contribution < -0.4 is 0 Å². The van der Waals surface area contributed by atoms with Gasteiger partial charge in [0.1, 0.15) is 7.28 Å². The molecule has 0 N–H and O–H groups in total. The van der Waals surface area contributed by atoms with Gasteiger partial charge >= 0.3 is 0 Å². The lowest BCUT2D eigenvalue weighted by molar-refractivity contribution is 0.299. The first-order chi connectivity index (χ1) is 3.81. The first-order valence-corrected chi connectivity index (χ1v) is 3.81. The molecular formula is C8H19B. The second kappa shape index (κ2) is 2.36. The first kappa shape index (κ1) is 9.06. The molecule has 1 heteroatoms. The van der Waals surface area contributed by atoms with E-state index in [1.54, 1.807) is 0 Å². The third-order valence-corrected chi connectivity index (χ3v) is 2.91. The van der Waals surface area contributed by atoms with Crippen molar-refractivity contribution in [2.75, 3.05) is 0 Å². The van der Waals surface area contributed by atoms with Gasteiger partial charge in [-0.3, -0.25) is 0 Å². The van der Waals surface area contributed by atoms with Crippen molar-refractivity contribution in [1.82, 2.24) is 0 Å². The minimum absolute atomic E-state index is 0.446. The van der Waals surface area contributed by atoms with Gasteiger partial charge in [-0.15, -0.1) is 0 Å². The van der Waals surface area contributed by atoms with E-state index in [2.05, 4.69) is 41.4 Å². The normalized spacial score (nSPS) is 13.6. The van der Waals surface area contributed by atoms with Gasteiger partial charge in [0.15, 0.2) is 0 Å². The van der Waals surface area contributed by atoms with Crippen LogP contribution in [0.5, 0.6) is 0 Å². The smallest absolute Gasteiger partial charge is 0.0888 e. The predicted molar refractivity (Wildman–Crippen MR) is 46.5 cm³/mol. The second-order valence-corrected chi connectivity index (χ2v) is 4.49. The molecule has 0 fully saturated rings. The summed E-state index contributed by atoms with van der Waals surface area (Å²) in [4.78, 5) is 0. The summed E-state index contributed by atoms with van der Waals surface area (Å²) in [6, 6.07) is 0. The zero-order valence-electron chi connectivity index (χ0n) is 7.71. The maximum absolute atomic E-state index is 2.33. The van der Waals surface area contributed by atoms with Crippen LogP contribution in [0.25, 0.3) is 0 Å². The zero-order chi connectivity index (χ0) is 7.71. The monoisotopic (exact) mass is 126 g/mol. The van der Waals surface area contributed by atoms with Crippen LogP contribution in [0.15, 0.2) is 0 Å². The highest BCUT2D eigenvalue weighted by Gasteiger charge is 2.30. The van der Waals surface area contributed by atoms with Crippen LogP contribution in [-0.2, 0) is 0 Å². The molecule has 0 spiro atoms. The van der Waals surface area contributed by atoms with E-state index in [4.69, 9.17) is 0 Å². The van der Waals surface area contributed by atoms with Gasteiger partial charge in [-0.1, -0.05) is 46.8 Å². The predicted octanol–water partition coefficient (Wildman–Crippen LogP) is 2.72. The van der Waals surface area contributed by atoms with Crippen molar-refractivity contribution in [3.8, 4) is 0 Å². The highest BCUT2D eigenvalue weighted by Crippen LogP contribution is 2.43. The molecule has 9 heavy (non-hydrogen) atoms. The van der Waals surface area contributed by atoms with E-state index in [0.717, 1.165) is 0 Å². The Morgan fingerprint density at radius 1 is 0.889 bits per heavy atom.